The van der Waals surface area contributed by atoms with E-state index in [4.69, 9.17) is 37.6 Å². The van der Waals surface area contributed by atoms with Crippen LogP contribution in [0.2, 0.25) is 10.0 Å². The van der Waals surface area contributed by atoms with E-state index in [1.807, 2.05) is 56.3 Å². The van der Waals surface area contributed by atoms with E-state index < -0.39 is 5.97 Å². The first-order chi connectivity index (χ1) is 17.2. The fraction of sp³-hybridized carbons (Fsp3) is 0.143. The van der Waals surface area contributed by atoms with E-state index in [-0.39, 0.29) is 18.1 Å². The highest BCUT2D eigenvalue weighted by atomic mass is 79.9. The van der Waals surface area contributed by atoms with Gasteiger partial charge in [-0.15, -0.1) is 0 Å². The maximum absolute atomic E-state index is 11.2. The van der Waals surface area contributed by atoms with Crippen LogP contribution in [0, 0.1) is 0 Å². The van der Waals surface area contributed by atoms with Crippen molar-refractivity contribution in [3.8, 4) is 17.0 Å². The summed E-state index contributed by atoms with van der Waals surface area (Å²) in [7, 11) is 0. The van der Waals surface area contributed by atoms with Crippen molar-refractivity contribution >= 4 is 57.3 Å². The molecule has 1 aromatic heterocycles. The van der Waals surface area contributed by atoms with E-state index in [0.29, 0.717) is 21.5 Å². The molecular weight excluding hydrogens is 565 g/mol. The van der Waals surface area contributed by atoms with Crippen LogP contribution in [0.25, 0.3) is 23.4 Å². The molecule has 0 bridgehead atoms. The molecule has 1 N–H and O–H groups in total. The summed E-state index contributed by atoms with van der Waals surface area (Å²) >= 11 is 16.5. The number of aromatic nitrogens is 1. The molecule has 4 aromatic rings. The second-order valence-electron chi connectivity index (χ2n) is 8.36. The highest BCUT2D eigenvalue weighted by molar-refractivity contribution is 9.10. The Hall–Kier alpha value is -3.06. The molecule has 184 valence electrons. The first-order valence-electron chi connectivity index (χ1n) is 11.1. The van der Waals surface area contributed by atoms with Gasteiger partial charge >= 0.3 is 5.97 Å². The van der Waals surface area contributed by atoms with E-state index in [1.54, 1.807) is 30.3 Å². The number of carbonyl (C=O) groups is 1. The third-order valence-electron chi connectivity index (χ3n) is 5.49. The van der Waals surface area contributed by atoms with E-state index in [0.717, 1.165) is 32.5 Å². The summed E-state index contributed by atoms with van der Waals surface area (Å²) in [6, 6.07) is 17.7. The van der Waals surface area contributed by atoms with Crippen LogP contribution in [0.15, 0.2) is 69.7 Å². The Kier molecular flexibility index (Phi) is 8.19. The largest absolute Gasteiger partial charge is 0.489 e. The summed E-state index contributed by atoms with van der Waals surface area (Å²) in [4.78, 5) is 11.2. The SMILES string of the molecule is CC(C)c1onc(-c2c(Cl)cccc2Br)c1COc1ccc(/C=C/c2cccc(C(=O)O)c2)c(Cl)c1. The Morgan fingerprint density at radius 1 is 1.08 bits per heavy atom. The van der Waals surface area contributed by atoms with Crippen LogP contribution in [0.1, 0.15) is 52.6 Å². The molecule has 0 aliphatic carbocycles. The normalized spacial score (nSPS) is 11.4. The predicted molar refractivity (Wildman–Crippen MR) is 147 cm³/mol. The van der Waals surface area contributed by atoms with Gasteiger partial charge in [0.05, 0.1) is 21.2 Å². The Bertz CT molecular complexity index is 1430. The van der Waals surface area contributed by atoms with Crippen molar-refractivity contribution in [3.63, 3.8) is 0 Å². The van der Waals surface area contributed by atoms with Gasteiger partial charge in [0.25, 0.3) is 0 Å². The van der Waals surface area contributed by atoms with E-state index in [9.17, 15) is 4.79 Å². The fourth-order valence-corrected chi connectivity index (χ4v) is 4.85. The number of rotatable bonds is 8. The van der Waals surface area contributed by atoms with Gasteiger partial charge in [-0.3, -0.25) is 0 Å². The van der Waals surface area contributed by atoms with Gasteiger partial charge in [-0.2, -0.15) is 0 Å². The summed E-state index contributed by atoms with van der Waals surface area (Å²) in [5.41, 5.74) is 3.96. The quantitative estimate of drug-likeness (QED) is 0.209. The monoisotopic (exact) mass is 585 g/mol. The Labute approximate surface area is 227 Å². The third kappa shape index (κ3) is 5.84. The summed E-state index contributed by atoms with van der Waals surface area (Å²) < 4.78 is 12.6. The lowest BCUT2D eigenvalue weighted by Crippen LogP contribution is -2.01. The molecule has 0 saturated heterocycles. The lowest BCUT2D eigenvalue weighted by atomic mass is 10.0. The molecule has 0 saturated carbocycles. The predicted octanol–water partition coefficient (Wildman–Crippen LogP) is 8.98. The average molecular weight is 587 g/mol. The topological polar surface area (TPSA) is 72.6 Å². The van der Waals surface area contributed by atoms with Crippen LogP contribution in [0.4, 0.5) is 0 Å². The maximum Gasteiger partial charge on any atom is 0.335 e. The molecule has 1 heterocycles. The van der Waals surface area contributed by atoms with Gasteiger partial charge in [-0.1, -0.05) is 88.5 Å². The van der Waals surface area contributed by atoms with E-state index in [1.165, 1.54) is 0 Å². The zero-order chi connectivity index (χ0) is 25.8. The van der Waals surface area contributed by atoms with Gasteiger partial charge in [0.15, 0.2) is 0 Å². The first-order valence-corrected chi connectivity index (χ1v) is 12.7. The summed E-state index contributed by atoms with van der Waals surface area (Å²) in [5, 5.41) is 14.5. The molecule has 8 heteroatoms. The molecule has 0 spiro atoms. The molecule has 4 rings (SSSR count). The fourth-order valence-electron chi connectivity index (χ4n) is 3.69. The molecular formula is C28H22BrCl2NO4. The molecule has 0 amide bonds. The number of benzene rings is 3. The zero-order valence-electron chi connectivity index (χ0n) is 19.5. The van der Waals surface area contributed by atoms with Crippen LogP contribution in [0.5, 0.6) is 5.75 Å². The lowest BCUT2D eigenvalue weighted by molar-refractivity contribution is 0.0697. The van der Waals surface area contributed by atoms with Crippen molar-refractivity contribution in [2.75, 3.05) is 0 Å². The molecule has 0 radical (unpaired) electrons. The van der Waals surface area contributed by atoms with Gasteiger partial charge in [-0.25, -0.2) is 4.79 Å². The second-order valence-corrected chi connectivity index (χ2v) is 10.0. The van der Waals surface area contributed by atoms with Gasteiger partial charge < -0.3 is 14.4 Å². The number of halogens is 3. The maximum atomic E-state index is 11.2. The number of aromatic carboxylic acids is 1. The number of nitrogens with zero attached hydrogens (tertiary/aromatic N) is 1. The minimum atomic E-state index is -0.969. The Balaban J connectivity index is 1.55. The van der Waals surface area contributed by atoms with Crippen molar-refractivity contribution in [2.45, 2.75) is 26.4 Å². The number of carboxylic acids is 1. The van der Waals surface area contributed by atoms with Crippen LogP contribution in [-0.2, 0) is 6.61 Å². The molecule has 5 nitrogen and oxygen atoms in total. The highest BCUT2D eigenvalue weighted by Gasteiger charge is 2.23. The van der Waals surface area contributed by atoms with E-state index in [2.05, 4.69) is 21.1 Å². The second kappa shape index (κ2) is 11.3. The van der Waals surface area contributed by atoms with Crippen LogP contribution >= 0.6 is 39.1 Å². The molecule has 0 unspecified atom stereocenters. The number of ether oxygens (including phenoxy) is 1. The van der Waals surface area contributed by atoms with Gasteiger partial charge in [0.1, 0.15) is 23.8 Å². The van der Waals surface area contributed by atoms with Crippen LogP contribution in [-0.4, -0.2) is 16.2 Å². The van der Waals surface area contributed by atoms with E-state index >= 15 is 0 Å². The summed E-state index contributed by atoms with van der Waals surface area (Å²) in [6.45, 7) is 4.27. The van der Waals surface area contributed by atoms with Crippen molar-refractivity contribution in [1.82, 2.24) is 5.16 Å². The molecule has 0 atom stereocenters. The molecule has 0 aliphatic rings. The van der Waals surface area contributed by atoms with Crippen molar-refractivity contribution < 1.29 is 19.2 Å². The molecule has 3 aromatic carbocycles. The third-order valence-corrected chi connectivity index (χ3v) is 6.79. The highest BCUT2D eigenvalue weighted by Crippen LogP contribution is 2.39. The van der Waals surface area contributed by atoms with Gasteiger partial charge in [-0.05, 0) is 53.6 Å². The number of hydrogen-bond donors (Lipinski definition) is 1. The average Bonchev–Trinajstić information content (AvgIpc) is 3.26. The minimum Gasteiger partial charge on any atom is -0.489 e. The number of hydrogen-bond acceptors (Lipinski definition) is 4. The van der Waals surface area contributed by atoms with Crippen molar-refractivity contribution in [3.05, 3.63) is 103 Å². The lowest BCUT2D eigenvalue weighted by Gasteiger charge is -2.11. The molecule has 0 fully saturated rings. The summed E-state index contributed by atoms with van der Waals surface area (Å²) in [6.07, 6.45) is 3.64. The minimum absolute atomic E-state index is 0.0989. The Morgan fingerprint density at radius 2 is 1.86 bits per heavy atom. The Morgan fingerprint density at radius 3 is 2.56 bits per heavy atom. The van der Waals surface area contributed by atoms with Crippen LogP contribution < -0.4 is 4.74 Å². The summed E-state index contributed by atoms with van der Waals surface area (Å²) in [5.74, 6) is 0.446. The van der Waals surface area contributed by atoms with Crippen LogP contribution in [0.3, 0.4) is 0 Å². The first kappa shape index (κ1) is 26.0. The standard InChI is InChI=1S/C28H22BrCl2NO4/c1-16(2)27-21(26(32-36-27)25-22(29)7-4-8-23(25)30)15-35-20-12-11-18(24(31)14-20)10-9-17-5-3-6-19(13-17)28(33)34/h3-14,16H,15H2,1-2H3,(H,33,34)/b10-9+. The van der Waals surface area contributed by atoms with Gasteiger partial charge in [0.2, 0.25) is 0 Å². The van der Waals surface area contributed by atoms with Gasteiger partial charge in [0, 0.05) is 16.0 Å². The smallest absolute Gasteiger partial charge is 0.335 e. The van der Waals surface area contributed by atoms with Crippen molar-refractivity contribution in [2.24, 2.45) is 0 Å². The molecule has 0 aliphatic heterocycles. The number of carboxylic acid groups (broad SMARTS) is 1. The van der Waals surface area contributed by atoms with Crippen molar-refractivity contribution in [1.29, 1.82) is 0 Å². The zero-order valence-corrected chi connectivity index (χ0v) is 22.6. The molecule has 36 heavy (non-hydrogen) atoms.